The zero-order valence-corrected chi connectivity index (χ0v) is 11.8. The van der Waals surface area contributed by atoms with Crippen LogP contribution in [0.3, 0.4) is 0 Å². The zero-order valence-electron chi connectivity index (χ0n) is 11.8. The first-order valence-corrected chi connectivity index (χ1v) is 6.74. The van der Waals surface area contributed by atoms with Crippen molar-refractivity contribution < 1.29 is 9.53 Å². The van der Waals surface area contributed by atoms with Gasteiger partial charge in [-0.2, -0.15) is 0 Å². The second-order valence-corrected chi connectivity index (χ2v) is 4.72. The number of amides is 1. The highest BCUT2D eigenvalue weighted by Crippen LogP contribution is 2.28. The van der Waals surface area contributed by atoms with Gasteiger partial charge < -0.3 is 15.9 Å². The molecule has 0 spiro atoms. The molecule has 0 atom stereocenters. The summed E-state index contributed by atoms with van der Waals surface area (Å²) in [5, 5.41) is 9.61. The number of primary amides is 1. The Morgan fingerprint density at radius 1 is 1.18 bits per heavy atom. The summed E-state index contributed by atoms with van der Waals surface area (Å²) in [6, 6.07) is 11.8. The molecule has 2 aromatic carbocycles. The van der Waals surface area contributed by atoms with Crippen molar-refractivity contribution in [1.82, 2.24) is 14.9 Å². The molecule has 3 N–H and O–H groups in total. The van der Waals surface area contributed by atoms with E-state index in [0.29, 0.717) is 12.3 Å². The first-order chi connectivity index (χ1) is 10.7. The average molecular weight is 297 g/mol. The molecular formula is C15H15N5O2. The van der Waals surface area contributed by atoms with Crippen LogP contribution in [-0.2, 0) is 11.3 Å². The Hall–Kier alpha value is -3.09. The number of hydrogen-bond donors (Lipinski definition) is 2. The van der Waals surface area contributed by atoms with Gasteiger partial charge in [-0.1, -0.05) is 30.3 Å². The summed E-state index contributed by atoms with van der Waals surface area (Å²) in [4.78, 5) is 11.0. The van der Waals surface area contributed by atoms with Gasteiger partial charge in [-0.05, 0) is 16.8 Å². The molecule has 0 bridgehead atoms. The van der Waals surface area contributed by atoms with Crippen LogP contribution in [0.5, 0.6) is 5.75 Å². The molecule has 22 heavy (non-hydrogen) atoms. The van der Waals surface area contributed by atoms with Crippen LogP contribution in [0.2, 0.25) is 0 Å². The average Bonchev–Trinajstić information content (AvgIpc) is 3.04. The van der Waals surface area contributed by atoms with E-state index in [1.54, 1.807) is 17.3 Å². The molecule has 0 saturated carbocycles. The SMILES string of the molecule is NC(=O)COc1ccc2ccccc2c1CNn1cnnc1. The van der Waals surface area contributed by atoms with Crippen LogP contribution in [0.4, 0.5) is 0 Å². The minimum Gasteiger partial charge on any atom is -0.483 e. The first-order valence-electron chi connectivity index (χ1n) is 6.74. The Balaban J connectivity index is 1.94. The second kappa shape index (κ2) is 6.13. The number of benzene rings is 2. The maximum Gasteiger partial charge on any atom is 0.255 e. The van der Waals surface area contributed by atoms with Gasteiger partial charge in [-0.25, -0.2) is 4.68 Å². The fourth-order valence-electron chi connectivity index (χ4n) is 2.24. The molecule has 0 aliphatic heterocycles. The van der Waals surface area contributed by atoms with E-state index >= 15 is 0 Å². The van der Waals surface area contributed by atoms with E-state index in [9.17, 15) is 4.79 Å². The van der Waals surface area contributed by atoms with Crippen LogP contribution in [0.15, 0.2) is 49.1 Å². The minimum atomic E-state index is -0.508. The Morgan fingerprint density at radius 2 is 1.95 bits per heavy atom. The van der Waals surface area contributed by atoms with Gasteiger partial charge in [0, 0.05) is 5.56 Å². The third-order valence-corrected chi connectivity index (χ3v) is 3.22. The van der Waals surface area contributed by atoms with Gasteiger partial charge in [0.25, 0.3) is 5.91 Å². The summed E-state index contributed by atoms with van der Waals surface area (Å²) in [5.74, 6) is 0.115. The van der Waals surface area contributed by atoms with E-state index in [4.69, 9.17) is 10.5 Å². The lowest BCUT2D eigenvalue weighted by Gasteiger charge is -2.15. The van der Waals surface area contributed by atoms with Gasteiger partial charge in [0.2, 0.25) is 0 Å². The molecule has 0 aliphatic rings. The van der Waals surface area contributed by atoms with Crippen molar-refractivity contribution in [1.29, 1.82) is 0 Å². The number of carbonyl (C=O) groups is 1. The molecule has 0 unspecified atom stereocenters. The molecular weight excluding hydrogens is 282 g/mol. The fourth-order valence-corrected chi connectivity index (χ4v) is 2.24. The quantitative estimate of drug-likeness (QED) is 0.709. The molecule has 3 rings (SSSR count). The summed E-state index contributed by atoms with van der Waals surface area (Å²) in [6.07, 6.45) is 3.13. The number of carbonyl (C=O) groups excluding carboxylic acids is 1. The summed E-state index contributed by atoms with van der Waals surface area (Å²) in [7, 11) is 0. The monoisotopic (exact) mass is 297 g/mol. The molecule has 7 heteroatoms. The van der Waals surface area contributed by atoms with Gasteiger partial charge in [0.15, 0.2) is 6.61 Å². The van der Waals surface area contributed by atoms with Crippen molar-refractivity contribution in [2.24, 2.45) is 5.73 Å². The Kier molecular flexibility index (Phi) is 3.86. The predicted molar refractivity (Wildman–Crippen MR) is 81.7 cm³/mol. The molecule has 1 heterocycles. The molecule has 0 fully saturated rings. The van der Waals surface area contributed by atoms with Gasteiger partial charge >= 0.3 is 0 Å². The number of nitrogens with zero attached hydrogens (tertiary/aromatic N) is 3. The fraction of sp³-hybridized carbons (Fsp3) is 0.133. The topological polar surface area (TPSA) is 95.1 Å². The van der Waals surface area contributed by atoms with E-state index in [2.05, 4.69) is 15.6 Å². The van der Waals surface area contributed by atoms with E-state index in [0.717, 1.165) is 16.3 Å². The van der Waals surface area contributed by atoms with Gasteiger partial charge in [-0.15, -0.1) is 10.2 Å². The highest BCUT2D eigenvalue weighted by atomic mass is 16.5. The third-order valence-electron chi connectivity index (χ3n) is 3.22. The lowest BCUT2D eigenvalue weighted by atomic mass is 10.0. The third kappa shape index (κ3) is 2.98. The van der Waals surface area contributed by atoms with Crippen LogP contribution < -0.4 is 15.9 Å². The van der Waals surface area contributed by atoms with E-state index < -0.39 is 5.91 Å². The Bertz CT molecular complexity index is 786. The number of fused-ring (bicyclic) bond motifs is 1. The largest absolute Gasteiger partial charge is 0.483 e. The number of nitrogens with one attached hydrogen (secondary N) is 1. The van der Waals surface area contributed by atoms with Crippen molar-refractivity contribution in [2.75, 3.05) is 12.0 Å². The Labute approximate surface area is 126 Å². The standard InChI is InChI=1S/C15H15N5O2/c16-15(21)8-22-14-6-5-11-3-1-2-4-12(11)13(14)7-19-20-9-17-18-10-20/h1-6,9-10,19H,7-8H2,(H2,16,21). The number of aromatic nitrogens is 3. The number of rotatable bonds is 6. The molecule has 3 aromatic rings. The van der Waals surface area contributed by atoms with Crippen LogP contribution in [0, 0.1) is 0 Å². The van der Waals surface area contributed by atoms with Crippen LogP contribution >= 0.6 is 0 Å². The van der Waals surface area contributed by atoms with E-state index in [-0.39, 0.29) is 6.61 Å². The van der Waals surface area contributed by atoms with E-state index in [1.165, 1.54) is 0 Å². The molecule has 0 radical (unpaired) electrons. The van der Waals surface area contributed by atoms with Crippen molar-refractivity contribution in [3.8, 4) is 5.75 Å². The molecule has 0 aliphatic carbocycles. The summed E-state index contributed by atoms with van der Waals surface area (Å²) < 4.78 is 7.17. The lowest BCUT2D eigenvalue weighted by molar-refractivity contribution is -0.119. The summed E-state index contributed by atoms with van der Waals surface area (Å²) >= 11 is 0. The van der Waals surface area contributed by atoms with Gasteiger partial charge in [0.1, 0.15) is 18.4 Å². The number of nitrogens with two attached hydrogens (primary N) is 1. The summed E-state index contributed by atoms with van der Waals surface area (Å²) in [5.41, 5.74) is 9.25. The van der Waals surface area contributed by atoms with Crippen molar-refractivity contribution in [3.63, 3.8) is 0 Å². The van der Waals surface area contributed by atoms with Crippen molar-refractivity contribution in [2.45, 2.75) is 6.54 Å². The number of ether oxygens (including phenoxy) is 1. The van der Waals surface area contributed by atoms with Crippen molar-refractivity contribution >= 4 is 16.7 Å². The van der Waals surface area contributed by atoms with E-state index in [1.807, 2.05) is 36.4 Å². The Morgan fingerprint density at radius 3 is 2.73 bits per heavy atom. The van der Waals surface area contributed by atoms with Gasteiger partial charge in [-0.3, -0.25) is 4.79 Å². The maximum absolute atomic E-state index is 11.0. The highest BCUT2D eigenvalue weighted by Gasteiger charge is 2.10. The smallest absolute Gasteiger partial charge is 0.255 e. The molecule has 112 valence electrons. The van der Waals surface area contributed by atoms with Crippen LogP contribution in [0.25, 0.3) is 10.8 Å². The normalized spacial score (nSPS) is 10.5. The highest BCUT2D eigenvalue weighted by molar-refractivity contribution is 5.88. The first kappa shape index (κ1) is 13.9. The molecule has 7 nitrogen and oxygen atoms in total. The van der Waals surface area contributed by atoms with Crippen molar-refractivity contribution in [3.05, 3.63) is 54.6 Å². The van der Waals surface area contributed by atoms with Gasteiger partial charge in [0.05, 0.1) is 6.54 Å². The van der Waals surface area contributed by atoms with Crippen LogP contribution in [0.1, 0.15) is 5.56 Å². The maximum atomic E-state index is 11.0. The lowest BCUT2D eigenvalue weighted by Crippen LogP contribution is -2.21. The predicted octanol–water partition coefficient (Wildman–Crippen LogP) is 1.04. The summed E-state index contributed by atoms with van der Waals surface area (Å²) in [6.45, 7) is 0.339. The zero-order chi connectivity index (χ0) is 15.4. The second-order valence-electron chi connectivity index (χ2n) is 4.72. The minimum absolute atomic E-state index is 0.155. The molecule has 1 amide bonds. The number of hydrogen-bond acceptors (Lipinski definition) is 5. The molecule has 1 aromatic heterocycles. The molecule has 0 saturated heterocycles. The van der Waals surface area contributed by atoms with Crippen LogP contribution in [-0.4, -0.2) is 27.4 Å².